The van der Waals surface area contributed by atoms with Crippen molar-refractivity contribution in [3.05, 3.63) is 58.6 Å². The molecule has 0 aromatic heterocycles. The summed E-state index contributed by atoms with van der Waals surface area (Å²) in [6.45, 7) is -0.585. The van der Waals surface area contributed by atoms with Gasteiger partial charge in [0.05, 0.1) is 17.7 Å². The summed E-state index contributed by atoms with van der Waals surface area (Å²) in [7, 11) is -2.58. The molecule has 1 amide bonds. The summed E-state index contributed by atoms with van der Waals surface area (Å²) in [5.41, 5.74) is 0.262. The van der Waals surface area contributed by atoms with Gasteiger partial charge in [-0.2, -0.15) is 0 Å². The number of halogens is 1. The largest absolute Gasteiger partial charge is 0.495 e. The van der Waals surface area contributed by atoms with Crippen LogP contribution in [-0.4, -0.2) is 38.1 Å². The Bertz CT molecular complexity index is 955. The molecular formula is C16H12ClNO5S. The van der Waals surface area contributed by atoms with Crippen LogP contribution >= 0.6 is 11.6 Å². The zero-order chi connectivity index (χ0) is 17.5. The zero-order valence-electron chi connectivity index (χ0n) is 12.5. The summed E-state index contributed by atoms with van der Waals surface area (Å²) in [5, 5.41) is 0.224. The molecule has 8 heteroatoms. The third-order valence-electron chi connectivity index (χ3n) is 3.67. The van der Waals surface area contributed by atoms with Crippen molar-refractivity contribution in [2.24, 2.45) is 0 Å². The summed E-state index contributed by atoms with van der Waals surface area (Å²) in [6.07, 6.45) is 0. The van der Waals surface area contributed by atoms with Crippen LogP contribution in [0.1, 0.15) is 20.7 Å². The third kappa shape index (κ3) is 2.55. The Morgan fingerprint density at radius 2 is 1.92 bits per heavy atom. The minimum Gasteiger partial charge on any atom is -0.495 e. The van der Waals surface area contributed by atoms with E-state index in [9.17, 15) is 18.0 Å². The van der Waals surface area contributed by atoms with Gasteiger partial charge in [-0.05, 0) is 30.3 Å². The van der Waals surface area contributed by atoms with Crippen LogP contribution in [0.25, 0.3) is 0 Å². The van der Waals surface area contributed by atoms with Gasteiger partial charge in [0, 0.05) is 5.56 Å². The number of methoxy groups -OCH3 is 1. The number of hydrogen-bond donors (Lipinski definition) is 0. The molecule has 0 aliphatic carbocycles. The highest BCUT2D eigenvalue weighted by Gasteiger charge is 2.41. The van der Waals surface area contributed by atoms with Crippen molar-refractivity contribution >= 4 is 33.3 Å². The van der Waals surface area contributed by atoms with Crippen molar-refractivity contribution in [2.75, 3.05) is 13.7 Å². The highest BCUT2D eigenvalue weighted by molar-refractivity contribution is 7.90. The topological polar surface area (TPSA) is 80.8 Å². The number of hydrogen-bond acceptors (Lipinski definition) is 5. The first-order valence-corrected chi connectivity index (χ1v) is 8.71. The fourth-order valence-corrected chi connectivity index (χ4v) is 4.23. The number of ketones is 1. The molecule has 1 heterocycles. The van der Waals surface area contributed by atoms with Crippen LogP contribution in [0, 0.1) is 0 Å². The molecule has 0 saturated carbocycles. The first-order valence-electron chi connectivity index (χ1n) is 6.89. The van der Waals surface area contributed by atoms with Crippen molar-refractivity contribution < 1.29 is 22.7 Å². The van der Waals surface area contributed by atoms with Gasteiger partial charge in [0.15, 0.2) is 5.78 Å². The molecule has 1 aliphatic heterocycles. The highest BCUT2D eigenvalue weighted by Crippen LogP contribution is 2.30. The number of Topliss-reactive ketones (excluding diaryl/α,β-unsaturated/α-hetero) is 1. The molecule has 0 unspecified atom stereocenters. The van der Waals surface area contributed by atoms with Gasteiger partial charge >= 0.3 is 0 Å². The molecule has 0 saturated heterocycles. The Labute approximate surface area is 143 Å². The highest BCUT2D eigenvalue weighted by atomic mass is 35.5. The number of rotatable bonds is 4. The van der Waals surface area contributed by atoms with E-state index in [-0.39, 0.29) is 21.0 Å². The molecule has 2 aromatic carbocycles. The summed E-state index contributed by atoms with van der Waals surface area (Å²) in [6, 6.07) is 10.2. The van der Waals surface area contributed by atoms with Crippen LogP contribution in [0.3, 0.4) is 0 Å². The number of sulfonamides is 1. The number of nitrogens with zero attached hydrogens (tertiary/aromatic N) is 1. The molecule has 0 atom stereocenters. The van der Waals surface area contributed by atoms with Crippen molar-refractivity contribution in [3.63, 3.8) is 0 Å². The predicted octanol–water partition coefficient (Wildman–Crippen LogP) is 2.38. The Balaban J connectivity index is 1.91. The normalized spacial score (nSPS) is 15.2. The van der Waals surface area contributed by atoms with E-state index in [0.717, 1.165) is 0 Å². The first-order chi connectivity index (χ1) is 11.4. The monoisotopic (exact) mass is 365 g/mol. The molecule has 124 valence electrons. The maximum Gasteiger partial charge on any atom is 0.269 e. The summed E-state index contributed by atoms with van der Waals surface area (Å²) < 4.78 is 30.5. The Morgan fingerprint density at radius 1 is 1.21 bits per heavy atom. The van der Waals surface area contributed by atoms with Gasteiger partial charge in [0.25, 0.3) is 15.9 Å². The van der Waals surface area contributed by atoms with E-state index in [2.05, 4.69) is 0 Å². The lowest BCUT2D eigenvalue weighted by atomic mass is 10.1. The zero-order valence-corrected chi connectivity index (χ0v) is 14.1. The Morgan fingerprint density at radius 3 is 2.54 bits per heavy atom. The maximum absolute atomic E-state index is 12.4. The van der Waals surface area contributed by atoms with Crippen molar-refractivity contribution in [3.8, 4) is 5.75 Å². The van der Waals surface area contributed by atoms with Gasteiger partial charge in [0.2, 0.25) is 0 Å². The summed E-state index contributed by atoms with van der Waals surface area (Å²) in [5.74, 6) is -0.853. The van der Waals surface area contributed by atoms with Crippen LogP contribution in [0.2, 0.25) is 5.02 Å². The van der Waals surface area contributed by atoms with Crippen LogP contribution < -0.4 is 4.74 Å². The van der Waals surface area contributed by atoms with E-state index < -0.39 is 28.3 Å². The molecule has 0 spiro atoms. The summed E-state index contributed by atoms with van der Waals surface area (Å²) >= 11 is 5.97. The molecule has 0 radical (unpaired) electrons. The lowest BCUT2D eigenvalue weighted by Gasteiger charge is -2.14. The SMILES string of the molecule is COc1ccc(C(=O)CN2C(=O)c3ccccc3S2(=O)=O)cc1Cl. The van der Waals surface area contributed by atoms with Crippen LogP contribution in [0.15, 0.2) is 47.4 Å². The lowest BCUT2D eigenvalue weighted by Crippen LogP contribution is -2.35. The fraction of sp³-hybridized carbons (Fsp3) is 0.125. The molecule has 2 aromatic rings. The molecule has 0 N–H and O–H groups in total. The van der Waals surface area contributed by atoms with Crippen LogP contribution in [0.4, 0.5) is 0 Å². The number of benzene rings is 2. The van der Waals surface area contributed by atoms with Crippen molar-refractivity contribution in [2.45, 2.75) is 4.90 Å². The van der Waals surface area contributed by atoms with Crippen LogP contribution in [0.5, 0.6) is 5.75 Å². The smallest absolute Gasteiger partial charge is 0.269 e. The number of carbonyl (C=O) groups excluding carboxylic acids is 2. The molecule has 24 heavy (non-hydrogen) atoms. The Kier molecular flexibility index (Phi) is 4.06. The van der Waals surface area contributed by atoms with Crippen molar-refractivity contribution in [1.82, 2.24) is 4.31 Å². The van der Waals surface area contributed by atoms with Gasteiger partial charge in [-0.3, -0.25) is 9.59 Å². The average Bonchev–Trinajstić information content (AvgIpc) is 2.76. The van der Waals surface area contributed by atoms with E-state index in [1.807, 2.05) is 0 Å². The lowest BCUT2D eigenvalue weighted by molar-refractivity contribution is 0.0820. The second-order valence-corrected chi connectivity index (χ2v) is 7.32. The standard InChI is InChI=1S/C16H12ClNO5S/c1-23-14-7-6-10(8-12(14)17)13(19)9-18-16(20)11-4-2-3-5-15(11)24(18,21)22/h2-8H,9H2,1H3. The van der Waals surface area contributed by atoms with E-state index in [1.165, 1.54) is 43.5 Å². The second kappa shape index (κ2) is 5.92. The van der Waals surface area contributed by atoms with E-state index >= 15 is 0 Å². The van der Waals surface area contributed by atoms with Crippen LogP contribution in [-0.2, 0) is 10.0 Å². The van der Waals surface area contributed by atoms with E-state index in [4.69, 9.17) is 16.3 Å². The van der Waals surface area contributed by atoms with Gasteiger partial charge in [0.1, 0.15) is 17.2 Å². The van der Waals surface area contributed by atoms with E-state index in [1.54, 1.807) is 6.07 Å². The number of carbonyl (C=O) groups is 2. The minimum atomic E-state index is -4.02. The number of fused-ring (bicyclic) bond motifs is 1. The van der Waals surface area contributed by atoms with Gasteiger partial charge < -0.3 is 4.74 Å². The molecule has 6 nitrogen and oxygen atoms in total. The Hall–Kier alpha value is -2.38. The van der Waals surface area contributed by atoms with Crippen molar-refractivity contribution in [1.29, 1.82) is 0 Å². The minimum absolute atomic E-state index is 0.0677. The van der Waals surface area contributed by atoms with E-state index in [0.29, 0.717) is 10.1 Å². The maximum atomic E-state index is 12.4. The molecular weight excluding hydrogens is 354 g/mol. The molecule has 0 fully saturated rings. The van der Waals surface area contributed by atoms with Gasteiger partial charge in [-0.25, -0.2) is 12.7 Å². The molecule has 3 rings (SSSR count). The predicted molar refractivity (Wildman–Crippen MR) is 87.0 cm³/mol. The average molecular weight is 366 g/mol. The quantitative estimate of drug-likeness (QED) is 0.777. The molecule has 0 bridgehead atoms. The second-order valence-electron chi connectivity index (χ2n) is 5.09. The number of ether oxygens (including phenoxy) is 1. The fourth-order valence-electron chi connectivity index (χ4n) is 2.45. The molecule has 1 aliphatic rings. The number of amides is 1. The van der Waals surface area contributed by atoms with Gasteiger partial charge in [-0.15, -0.1) is 0 Å². The first kappa shape index (κ1) is 16.5. The van der Waals surface area contributed by atoms with Gasteiger partial charge in [-0.1, -0.05) is 23.7 Å². The summed E-state index contributed by atoms with van der Waals surface area (Å²) in [4.78, 5) is 24.6. The third-order valence-corrected chi connectivity index (χ3v) is 5.76.